The Bertz CT molecular complexity index is 210. The second kappa shape index (κ2) is 6.27. The lowest BCUT2D eigenvalue weighted by Crippen LogP contribution is -2.61. The fourth-order valence-corrected chi connectivity index (χ4v) is 4.28. The third kappa shape index (κ3) is 2.74. The smallest absolute Gasteiger partial charge is 0.0447 e. The zero-order valence-electron chi connectivity index (χ0n) is 11.3. The van der Waals surface area contributed by atoms with Gasteiger partial charge in [0.05, 0.1) is 0 Å². The topological polar surface area (TPSA) is 29.3 Å². The van der Waals surface area contributed by atoms with E-state index in [9.17, 15) is 0 Å². The molecule has 96 valence electrons. The van der Waals surface area contributed by atoms with E-state index in [0.29, 0.717) is 11.3 Å². The Hall–Kier alpha value is 0.270. The van der Waals surface area contributed by atoms with Crippen molar-refractivity contribution < 1.29 is 0 Å². The maximum absolute atomic E-state index is 6.11. The molecule has 1 heterocycles. The lowest BCUT2D eigenvalue weighted by molar-refractivity contribution is 0.0691. The number of rotatable bonds is 5. The number of thioether (sulfide) groups is 1. The molecule has 3 unspecified atom stereocenters. The molecule has 0 saturated carbocycles. The molecule has 1 rings (SSSR count). The highest BCUT2D eigenvalue weighted by molar-refractivity contribution is 8.00. The number of nitrogens with zero attached hydrogens (tertiary/aromatic N) is 1. The molecule has 3 heteroatoms. The van der Waals surface area contributed by atoms with Gasteiger partial charge in [0, 0.05) is 23.4 Å². The standard InChI is InChI=1S/C13H28N2S/c1-5-7-11(2)15(4)13(10-14)8-6-9-16-12(13)3/h11-12H,5-10,14H2,1-4H3. The molecule has 1 fully saturated rings. The first kappa shape index (κ1) is 14.3. The van der Waals surface area contributed by atoms with Gasteiger partial charge in [0.15, 0.2) is 0 Å². The Balaban J connectivity index is 2.76. The number of likely N-dealkylation sites (N-methyl/N-ethyl adjacent to an activating group) is 1. The predicted octanol–water partition coefficient (Wildman–Crippen LogP) is 2.72. The zero-order valence-corrected chi connectivity index (χ0v) is 12.1. The Labute approximate surface area is 105 Å². The molecule has 2 N–H and O–H groups in total. The van der Waals surface area contributed by atoms with Crippen molar-refractivity contribution in [3.8, 4) is 0 Å². The van der Waals surface area contributed by atoms with Crippen LogP contribution in [0, 0.1) is 0 Å². The summed E-state index contributed by atoms with van der Waals surface area (Å²) in [6.45, 7) is 7.75. The highest BCUT2D eigenvalue weighted by Crippen LogP contribution is 2.38. The minimum absolute atomic E-state index is 0.234. The summed E-state index contributed by atoms with van der Waals surface area (Å²) in [5, 5.41) is 0.663. The largest absolute Gasteiger partial charge is 0.329 e. The van der Waals surface area contributed by atoms with E-state index in [4.69, 9.17) is 5.73 Å². The average Bonchev–Trinajstić information content (AvgIpc) is 2.29. The van der Waals surface area contributed by atoms with Crippen molar-refractivity contribution in [1.29, 1.82) is 0 Å². The third-order valence-electron chi connectivity index (χ3n) is 4.30. The van der Waals surface area contributed by atoms with Gasteiger partial charge in [-0.15, -0.1) is 0 Å². The molecule has 1 aliphatic rings. The minimum atomic E-state index is 0.234. The van der Waals surface area contributed by atoms with Crippen LogP contribution in [0.2, 0.25) is 0 Å². The minimum Gasteiger partial charge on any atom is -0.329 e. The summed E-state index contributed by atoms with van der Waals surface area (Å²) in [6, 6.07) is 0.648. The van der Waals surface area contributed by atoms with Gasteiger partial charge in [-0.2, -0.15) is 11.8 Å². The molecule has 3 atom stereocenters. The van der Waals surface area contributed by atoms with Gasteiger partial charge in [0.1, 0.15) is 0 Å². The molecular formula is C13H28N2S. The lowest BCUT2D eigenvalue weighted by atomic mass is 9.86. The molecule has 0 aromatic heterocycles. The van der Waals surface area contributed by atoms with E-state index in [1.165, 1.54) is 31.4 Å². The van der Waals surface area contributed by atoms with Crippen LogP contribution in [0.5, 0.6) is 0 Å². The van der Waals surface area contributed by atoms with Crippen molar-refractivity contribution in [3.05, 3.63) is 0 Å². The first-order chi connectivity index (χ1) is 7.58. The van der Waals surface area contributed by atoms with Crippen LogP contribution in [-0.4, -0.2) is 41.1 Å². The van der Waals surface area contributed by atoms with Gasteiger partial charge in [-0.05, 0) is 39.0 Å². The van der Waals surface area contributed by atoms with Gasteiger partial charge in [-0.1, -0.05) is 20.3 Å². The predicted molar refractivity (Wildman–Crippen MR) is 75.1 cm³/mol. The van der Waals surface area contributed by atoms with Crippen LogP contribution in [0.15, 0.2) is 0 Å². The van der Waals surface area contributed by atoms with Crippen LogP contribution in [0.3, 0.4) is 0 Å². The summed E-state index contributed by atoms with van der Waals surface area (Å²) in [4.78, 5) is 2.56. The Morgan fingerprint density at radius 2 is 2.25 bits per heavy atom. The fourth-order valence-electron chi connectivity index (χ4n) is 2.92. The quantitative estimate of drug-likeness (QED) is 0.806. The highest BCUT2D eigenvalue weighted by Gasteiger charge is 2.42. The monoisotopic (exact) mass is 244 g/mol. The molecular weight excluding hydrogens is 216 g/mol. The Morgan fingerprint density at radius 3 is 2.75 bits per heavy atom. The molecule has 0 aromatic rings. The van der Waals surface area contributed by atoms with Crippen LogP contribution >= 0.6 is 11.8 Å². The van der Waals surface area contributed by atoms with Gasteiger partial charge < -0.3 is 5.73 Å². The average molecular weight is 244 g/mol. The lowest BCUT2D eigenvalue weighted by Gasteiger charge is -2.50. The van der Waals surface area contributed by atoms with Crippen molar-refractivity contribution in [3.63, 3.8) is 0 Å². The highest BCUT2D eigenvalue weighted by atomic mass is 32.2. The van der Waals surface area contributed by atoms with Gasteiger partial charge in [0.25, 0.3) is 0 Å². The normalized spacial score (nSPS) is 33.0. The second-order valence-corrected chi connectivity index (χ2v) is 6.62. The van der Waals surface area contributed by atoms with E-state index in [-0.39, 0.29) is 5.54 Å². The van der Waals surface area contributed by atoms with Gasteiger partial charge >= 0.3 is 0 Å². The van der Waals surface area contributed by atoms with Gasteiger partial charge in [0.2, 0.25) is 0 Å². The first-order valence-electron chi connectivity index (χ1n) is 6.63. The molecule has 1 aliphatic heterocycles. The summed E-state index contributed by atoms with van der Waals surface area (Å²) in [7, 11) is 2.27. The Morgan fingerprint density at radius 1 is 1.56 bits per heavy atom. The molecule has 1 saturated heterocycles. The zero-order chi connectivity index (χ0) is 12.2. The Kier molecular flexibility index (Phi) is 5.62. The summed E-state index contributed by atoms with van der Waals surface area (Å²) in [5.74, 6) is 1.30. The van der Waals surface area contributed by atoms with Gasteiger partial charge in [-0.25, -0.2) is 0 Å². The van der Waals surface area contributed by atoms with E-state index < -0.39 is 0 Å². The molecule has 0 bridgehead atoms. The molecule has 0 aromatic carbocycles. The van der Waals surface area contributed by atoms with Crippen molar-refractivity contribution in [2.45, 2.75) is 63.3 Å². The number of nitrogens with two attached hydrogens (primary N) is 1. The number of hydrogen-bond donors (Lipinski definition) is 1. The summed E-state index contributed by atoms with van der Waals surface area (Å²) >= 11 is 2.09. The van der Waals surface area contributed by atoms with Crippen LogP contribution in [0.1, 0.15) is 46.5 Å². The summed E-state index contributed by atoms with van der Waals surface area (Å²) in [6.07, 6.45) is 5.11. The van der Waals surface area contributed by atoms with Crippen molar-refractivity contribution in [2.75, 3.05) is 19.3 Å². The van der Waals surface area contributed by atoms with Crippen LogP contribution < -0.4 is 5.73 Å². The van der Waals surface area contributed by atoms with Gasteiger partial charge in [-0.3, -0.25) is 4.90 Å². The molecule has 0 aliphatic carbocycles. The van der Waals surface area contributed by atoms with E-state index in [0.717, 1.165) is 6.54 Å². The second-order valence-electron chi connectivity index (χ2n) is 5.17. The molecule has 0 spiro atoms. The van der Waals surface area contributed by atoms with Crippen LogP contribution in [-0.2, 0) is 0 Å². The maximum Gasteiger partial charge on any atom is 0.0447 e. The SMILES string of the molecule is CCCC(C)N(C)C1(CN)CCCSC1C. The molecule has 2 nitrogen and oxygen atoms in total. The first-order valence-corrected chi connectivity index (χ1v) is 7.68. The number of hydrogen-bond acceptors (Lipinski definition) is 3. The van der Waals surface area contributed by atoms with E-state index in [1.807, 2.05) is 0 Å². The van der Waals surface area contributed by atoms with E-state index in [1.54, 1.807) is 0 Å². The molecule has 16 heavy (non-hydrogen) atoms. The molecule has 0 radical (unpaired) electrons. The summed E-state index contributed by atoms with van der Waals surface area (Å²) in [5.41, 5.74) is 6.34. The van der Waals surface area contributed by atoms with Crippen molar-refractivity contribution in [2.24, 2.45) is 5.73 Å². The van der Waals surface area contributed by atoms with Crippen LogP contribution in [0.25, 0.3) is 0 Å². The van der Waals surface area contributed by atoms with Crippen molar-refractivity contribution >= 4 is 11.8 Å². The summed E-state index contributed by atoms with van der Waals surface area (Å²) < 4.78 is 0. The van der Waals surface area contributed by atoms with Crippen molar-refractivity contribution in [1.82, 2.24) is 4.90 Å². The maximum atomic E-state index is 6.11. The van der Waals surface area contributed by atoms with E-state index in [2.05, 4.69) is 44.5 Å². The third-order valence-corrected chi connectivity index (χ3v) is 5.77. The van der Waals surface area contributed by atoms with Crippen LogP contribution in [0.4, 0.5) is 0 Å². The molecule has 0 amide bonds. The fraction of sp³-hybridized carbons (Fsp3) is 1.00. The van der Waals surface area contributed by atoms with E-state index >= 15 is 0 Å².